The molecule has 1 aromatic heterocycles. The van der Waals surface area contributed by atoms with E-state index in [0.717, 1.165) is 15.7 Å². The van der Waals surface area contributed by atoms with Crippen LogP contribution in [0.3, 0.4) is 0 Å². The number of hydrogen-bond donors (Lipinski definition) is 2. The molecule has 2 amide bonds. The van der Waals surface area contributed by atoms with E-state index < -0.39 is 0 Å². The summed E-state index contributed by atoms with van der Waals surface area (Å²) in [5.41, 5.74) is 1.80. The first-order valence-electron chi connectivity index (χ1n) is 6.98. The standard InChI is InChI=1S/C15H18BrN3O3S/c1-21-5-6-22-9-13-10-23-15(18-13)19-14(20)17-8-11-3-2-4-12(16)7-11/h2-4,7,10H,5-6,8-9H2,1H3,(H2,17,18,19,20). The number of carbonyl (C=O) groups is 1. The largest absolute Gasteiger partial charge is 0.382 e. The quantitative estimate of drug-likeness (QED) is 0.667. The van der Waals surface area contributed by atoms with Crippen molar-refractivity contribution < 1.29 is 14.3 Å². The van der Waals surface area contributed by atoms with Gasteiger partial charge in [-0.1, -0.05) is 28.1 Å². The second kappa shape index (κ2) is 9.61. The monoisotopic (exact) mass is 399 g/mol. The number of rotatable bonds is 8. The number of hydrogen-bond acceptors (Lipinski definition) is 5. The Kier molecular flexibility index (Phi) is 7.47. The van der Waals surface area contributed by atoms with Crippen molar-refractivity contribution in [2.45, 2.75) is 13.2 Å². The van der Waals surface area contributed by atoms with E-state index in [1.807, 2.05) is 29.6 Å². The summed E-state index contributed by atoms with van der Waals surface area (Å²) in [6, 6.07) is 7.49. The molecule has 2 aromatic rings. The average Bonchev–Trinajstić information content (AvgIpc) is 2.97. The number of aromatic nitrogens is 1. The third-order valence-corrected chi connectivity index (χ3v) is 4.10. The number of halogens is 1. The third kappa shape index (κ3) is 6.66. The highest BCUT2D eigenvalue weighted by atomic mass is 79.9. The van der Waals surface area contributed by atoms with Gasteiger partial charge >= 0.3 is 6.03 Å². The van der Waals surface area contributed by atoms with E-state index in [0.29, 0.717) is 31.5 Å². The summed E-state index contributed by atoms with van der Waals surface area (Å²) in [5.74, 6) is 0. The summed E-state index contributed by atoms with van der Waals surface area (Å²) >= 11 is 4.76. The molecule has 124 valence electrons. The van der Waals surface area contributed by atoms with Gasteiger partial charge < -0.3 is 14.8 Å². The Labute approximate surface area is 147 Å². The minimum Gasteiger partial charge on any atom is -0.382 e. The summed E-state index contributed by atoms with van der Waals surface area (Å²) in [4.78, 5) is 16.2. The van der Waals surface area contributed by atoms with Crippen molar-refractivity contribution >= 4 is 38.4 Å². The van der Waals surface area contributed by atoms with Gasteiger partial charge in [0.2, 0.25) is 0 Å². The zero-order valence-corrected chi connectivity index (χ0v) is 15.1. The van der Waals surface area contributed by atoms with Gasteiger partial charge in [-0.15, -0.1) is 11.3 Å². The van der Waals surface area contributed by atoms with E-state index in [4.69, 9.17) is 9.47 Å². The maximum absolute atomic E-state index is 11.9. The van der Waals surface area contributed by atoms with Crippen molar-refractivity contribution in [2.75, 3.05) is 25.6 Å². The minimum absolute atomic E-state index is 0.286. The van der Waals surface area contributed by atoms with Crippen LogP contribution in [0.25, 0.3) is 0 Å². The molecule has 0 fully saturated rings. The predicted molar refractivity (Wildman–Crippen MR) is 93.6 cm³/mol. The van der Waals surface area contributed by atoms with Crippen LogP contribution < -0.4 is 10.6 Å². The van der Waals surface area contributed by atoms with Gasteiger partial charge in [0, 0.05) is 23.5 Å². The number of amides is 2. The van der Waals surface area contributed by atoms with Gasteiger partial charge in [0.15, 0.2) is 5.13 Å². The van der Waals surface area contributed by atoms with E-state index in [9.17, 15) is 4.79 Å². The molecule has 0 atom stereocenters. The number of carbonyl (C=O) groups excluding carboxylic acids is 1. The normalized spacial score (nSPS) is 10.5. The Balaban J connectivity index is 1.73. The lowest BCUT2D eigenvalue weighted by molar-refractivity contribution is 0.0604. The molecule has 0 aliphatic rings. The fourth-order valence-electron chi connectivity index (χ4n) is 1.72. The molecule has 0 saturated carbocycles. The Morgan fingerprint density at radius 2 is 2.26 bits per heavy atom. The Morgan fingerprint density at radius 3 is 3.04 bits per heavy atom. The number of benzene rings is 1. The highest BCUT2D eigenvalue weighted by Gasteiger charge is 2.06. The molecule has 0 radical (unpaired) electrons. The van der Waals surface area contributed by atoms with Crippen LogP contribution in [0.4, 0.5) is 9.93 Å². The fourth-order valence-corrected chi connectivity index (χ4v) is 2.86. The molecular weight excluding hydrogens is 382 g/mol. The molecule has 8 heteroatoms. The van der Waals surface area contributed by atoms with Crippen LogP contribution in [0, 0.1) is 0 Å². The van der Waals surface area contributed by atoms with E-state index >= 15 is 0 Å². The number of methoxy groups -OCH3 is 1. The van der Waals surface area contributed by atoms with E-state index in [-0.39, 0.29) is 6.03 Å². The van der Waals surface area contributed by atoms with Gasteiger partial charge in [0.25, 0.3) is 0 Å². The van der Waals surface area contributed by atoms with Crippen LogP contribution in [-0.4, -0.2) is 31.3 Å². The number of nitrogens with zero attached hydrogens (tertiary/aromatic N) is 1. The first kappa shape index (κ1) is 17.9. The SMILES string of the molecule is COCCOCc1csc(NC(=O)NCc2cccc(Br)c2)n1. The second-order valence-electron chi connectivity index (χ2n) is 4.63. The molecule has 0 saturated heterocycles. The van der Waals surface area contributed by atoms with Crippen molar-refractivity contribution in [3.8, 4) is 0 Å². The molecule has 0 bridgehead atoms. The summed E-state index contributed by atoms with van der Waals surface area (Å²) in [5, 5.41) is 7.91. The van der Waals surface area contributed by atoms with Gasteiger partial charge in [0.1, 0.15) is 0 Å². The molecule has 0 spiro atoms. The molecule has 2 N–H and O–H groups in total. The molecule has 6 nitrogen and oxygen atoms in total. The molecular formula is C15H18BrN3O3S. The van der Waals surface area contributed by atoms with Crippen LogP contribution in [0.2, 0.25) is 0 Å². The molecule has 23 heavy (non-hydrogen) atoms. The lowest BCUT2D eigenvalue weighted by Gasteiger charge is -2.06. The topological polar surface area (TPSA) is 72.5 Å². The predicted octanol–water partition coefficient (Wildman–Crippen LogP) is 3.39. The second-order valence-corrected chi connectivity index (χ2v) is 6.40. The van der Waals surface area contributed by atoms with Crippen molar-refractivity contribution in [2.24, 2.45) is 0 Å². The van der Waals surface area contributed by atoms with E-state index in [1.54, 1.807) is 7.11 Å². The summed E-state index contributed by atoms with van der Waals surface area (Å²) < 4.78 is 11.3. The highest BCUT2D eigenvalue weighted by molar-refractivity contribution is 9.10. The van der Waals surface area contributed by atoms with Crippen LogP contribution >= 0.6 is 27.3 Å². The number of anilines is 1. The summed E-state index contributed by atoms with van der Waals surface area (Å²) in [6.07, 6.45) is 0. The zero-order chi connectivity index (χ0) is 16.5. The maximum Gasteiger partial charge on any atom is 0.321 e. The Morgan fingerprint density at radius 1 is 1.39 bits per heavy atom. The van der Waals surface area contributed by atoms with Gasteiger partial charge in [-0.3, -0.25) is 5.32 Å². The summed E-state index contributed by atoms with van der Waals surface area (Å²) in [6.45, 7) is 1.92. The smallest absolute Gasteiger partial charge is 0.321 e. The fraction of sp³-hybridized carbons (Fsp3) is 0.333. The van der Waals surface area contributed by atoms with Crippen LogP contribution in [-0.2, 0) is 22.6 Å². The zero-order valence-electron chi connectivity index (χ0n) is 12.7. The Hall–Kier alpha value is -1.48. The number of nitrogens with one attached hydrogen (secondary N) is 2. The number of thiazole rings is 1. The maximum atomic E-state index is 11.9. The molecule has 2 rings (SSSR count). The first-order valence-corrected chi connectivity index (χ1v) is 8.65. The Bertz CT molecular complexity index is 636. The third-order valence-electron chi connectivity index (χ3n) is 2.80. The van der Waals surface area contributed by atoms with Gasteiger partial charge in [-0.05, 0) is 17.7 Å². The van der Waals surface area contributed by atoms with Crippen molar-refractivity contribution in [1.82, 2.24) is 10.3 Å². The van der Waals surface area contributed by atoms with Gasteiger partial charge in [-0.25, -0.2) is 9.78 Å². The van der Waals surface area contributed by atoms with Gasteiger partial charge in [0.05, 0.1) is 25.5 Å². The molecule has 0 unspecified atom stereocenters. The lowest BCUT2D eigenvalue weighted by Crippen LogP contribution is -2.28. The molecule has 0 aliphatic carbocycles. The highest BCUT2D eigenvalue weighted by Crippen LogP contribution is 2.16. The van der Waals surface area contributed by atoms with Crippen LogP contribution in [0.15, 0.2) is 34.1 Å². The number of ether oxygens (including phenoxy) is 2. The van der Waals surface area contributed by atoms with Crippen molar-refractivity contribution in [3.63, 3.8) is 0 Å². The summed E-state index contributed by atoms with van der Waals surface area (Å²) in [7, 11) is 1.63. The van der Waals surface area contributed by atoms with Crippen LogP contribution in [0.5, 0.6) is 0 Å². The molecule has 1 heterocycles. The minimum atomic E-state index is -0.286. The van der Waals surface area contributed by atoms with Crippen molar-refractivity contribution in [1.29, 1.82) is 0 Å². The average molecular weight is 400 g/mol. The number of urea groups is 1. The first-order chi connectivity index (χ1) is 11.2. The van der Waals surface area contributed by atoms with E-state index in [1.165, 1.54) is 11.3 Å². The molecule has 1 aromatic carbocycles. The van der Waals surface area contributed by atoms with Crippen molar-refractivity contribution in [3.05, 3.63) is 45.4 Å². The van der Waals surface area contributed by atoms with Gasteiger partial charge in [-0.2, -0.15) is 0 Å². The lowest BCUT2D eigenvalue weighted by atomic mass is 10.2. The molecule has 0 aliphatic heterocycles. The van der Waals surface area contributed by atoms with Crippen LogP contribution in [0.1, 0.15) is 11.3 Å². The van der Waals surface area contributed by atoms with E-state index in [2.05, 4.69) is 31.5 Å².